The summed E-state index contributed by atoms with van der Waals surface area (Å²) in [5.41, 5.74) is 6.07. The summed E-state index contributed by atoms with van der Waals surface area (Å²) in [4.78, 5) is 18.6. The Morgan fingerprint density at radius 2 is 2.47 bits per heavy atom. The molecule has 0 bridgehead atoms. The van der Waals surface area contributed by atoms with E-state index in [4.69, 9.17) is 5.73 Å². The molecule has 0 aromatic carbocycles. The van der Waals surface area contributed by atoms with Crippen LogP contribution >= 0.6 is 11.3 Å². The molecule has 0 aliphatic carbocycles. The Bertz CT molecular complexity index is 402. The Morgan fingerprint density at radius 3 is 3.06 bits per heavy atom. The van der Waals surface area contributed by atoms with E-state index in [0.29, 0.717) is 24.2 Å². The van der Waals surface area contributed by atoms with Crippen LogP contribution in [0.2, 0.25) is 0 Å². The second kappa shape index (κ2) is 5.14. The molecular formula is C12H19N3OS. The average Bonchev–Trinajstić information content (AvgIpc) is 2.97. The van der Waals surface area contributed by atoms with Crippen LogP contribution in [0.25, 0.3) is 0 Å². The standard InChI is InChI=1S/C12H19N3OS/c1-8(2)10-4-3-5-15(10)12(16)9-7-17-11(6-13)14-9/h7-8,10H,3-6,13H2,1-2H3. The number of nitrogens with two attached hydrogens (primary N) is 1. The Morgan fingerprint density at radius 1 is 1.71 bits per heavy atom. The molecule has 0 spiro atoms. The molecule has 17 heavy (non-hydrogen) atoms. The fourth-order valence-electron chi connectivity index (χ4n) is 2.39. The van der Waals surface area contributed by atoms with Gasteiger partial charge in [-0.1, -0.05) is 13.8 Å². The first kappa shape index (κ1) is 12.5. The van der Waals surface area contributed by atoms with Gasteiger partial charge in [0.15, 0.2) is 0 Å². The summed E-state index contributed by atoms with van der Waals surface area (Å²) in [6.07, 6.45) is 2.21. The van der Waals surface area contributed by atoms with E-state index in [-0.39, 0.29) is 5.91 Å². The molecule has 4 nitrogen and oxygen atoms in total. The van der Waals surface area contributed by atoms with Crippen LogP contribution < -0.4 is 5.73 Å². The number of nitrogens with zero attached hydrogens (tertiary/aromatic N) is 2. The van der Waals surface area contributed by atoms with Crippen molar-refractivity contribution in [1.29, 1.82) is 0 Å². The molecule has 2 rings (SSSR count). The molecule has 2 N–H and O–H groups in total. The zero-order chi connectivity index (χ0) is 12.4. The Hall–Kier alpha value is -0.940. The number of carbonyl (C=O) groups is 1. The van der Waals surface area contributed by atoms with Crippen molar-refractivity contribution in [1.82, 2.24) is 9.88 Å². The van der Waals surface area contributed by atoms with Crippen LogP contribution in [0.3, 0.4) is 0 Å². The first-order valence-electron chi connectivity index (χ1n) is 6.09. The van der Waals surface area contributed by atoms with Gasteiger partial charge in [0.05, 0.1) is 0 Å². The van der Waals surface area contributed by atoms with E-state index in [1.807, 2.05) is 10.3 Å². The van der Waals surface area contributed by atoms with Gasteiger partial charge in [-0.25, -0.2) is 4.98 Å². The van der Waals surface area contributed by atoms with Gasteiger partial charge >= 0.3 is 0 Å². The third-order valence-corrected chi connectivity index (χ3v) is 4.15. The maximum absolute atomic E-state index is 12.3. The van der Waals surface area contributed by atoms with E-state index in [1.165, 1.54) is 11.3 Å². The SMILES string of the molecule is CC(C)C1CCCN1C(=O)c1csc(CN)n1. The van der Waals surface area contributed by atoms with E-state index < -0.39 is 0 Å². The van der Waals surface area contributed by atoms with Gasteiger partial charge in [-0.15, -0.1) is 11.3 Å². The maximum atomic E-state index is 12.3. The second-order valence-electron chi connectivity index (χ2n) is 4.78. The van der Waals surface area contributed by atoms with Gasteiger partial charge in [0.25, 0.3) is 5.91 Å². The van der Waals surface area contributed by atoms with Crippen LogP contribution in [0.15, 0.2) is 5.38 Å². The Kier molecular flexibility index (Phi) is 3.79. The quantitative estimate of drug-likeness (QED) is 0.894. The summed E-state index contributed by atoms with van der Waals surface area (Å²) >= 11 is 1.46. The van der Waals surface area contributed by atoms with E-state index >= 15 is 0 Å². The van der Waals surface area contributed by atoms with Crippen LogP contribution in [-0.4, -0.2) is 28.4 Å². The molecule has 1 aliphatic heterocycles. The molecule has 2 heterocycles. The zero-order valence-corrected chi connectivity index (χ0v) is 11.2. The lowest BCUT2D eigenvalue weighted by Gasteiger charge is -2.26. The monoisotopic (exact) mass is 253 g/mol. The summed E-state index contributed by atoms with van der Waals surface area (Å²) in [6.45, 7) is 5.61. The van der Waals surface area contributed by atoms with Crippen molar-refractivity contribution in [3.63, 3.8) is 0 Å². The minimum Gasteiger partial charge on any atom is -0.334 e. The largest absolute Gasteiger partial charge is 0.334 e. The number of rotatable bonds is 3. The van der Waals surface area contributed by atoms with Crippen LogP contribution in [0.4, 0.5) is 0 Å². The highest BCUT2D eigenvalue weighted by Crippen LogP contribution is 2.25. The van der Waals surface area contributed by atoms with Crippen LogP contribution in [-0.2, 0) is 6.54 Å². The van der Waals surface area contributed by atoms with Crippen LogP contribution in [0.1, 0.15) is 42.2 Å². The zero-order valence-electron chi connectivity index (χ0n) is 10.3. The summed E-state index contributed by atoms with van der Waals surface area (Å²) < 4.78 is 0. The minimum atomic E-state index is 0.0668. The topological polar surface area (TPSA) is 59.2 Å². The molecule has 0 radical (unpaired) electrons. The van der Waals surface area contributed by atoms with E-state index in [2.05, 4.69) is 18.8 Å². The number of hydrogen-bond acceptors (Lipinski definition) is 4. The Balaban J connectivity index is 2.13. The normalized spacial score (nSPS) is 20.2. The fraction of sp³-hybridized carbons (Fsp3) is 0.667. The van der Waals surface area contributed by atoms with Crippen molar-refractivity contribution >= 4 is 17.2 Å². The molecule has 1 saturated heterocycles. The highest BCUT2D eigenvalue weighted by molar-refractivity contribution is 7.09. The van der Waals surface area contributed by atoms with Crippen molar-refractivity contribution in [2.24, 2.45) is 11.7 Å². The number of hydrogen-bond donors (Lipinski definition) is 1. The predicted molar refractivity (Wildman–Crippen MR) is 68.9 cm³/mol. The van der Waals surface area contributed by atoms with Gasteiger partial charge in [0.1, 0.15) is 10.7 Å². The summed E-state index contributed by atoms with van der Waals surface area (Å²) in [7, 11) is 0. The summed E-state index contributed by atoms with van der Waals surface area (Å²) in [5.74, 6) is 0.575. The number of thiazole rings is 1. The average molecular weight is 253 g/mol. The first-order chi connectivity index (χ1) is 8.13. The van der Waals surface area contributed by atoms with Crippen LogP contribution in [0, 0.1) is 5.92 Å². The smallest absolute Gasteiger partial charge is 0.273 e. The number of aromatic nitrogens is 1. The van der Waals surface area contributed by atoms with Gasteiger partial charge in [-0.2, -0.15) is 0 Å². The minimum absolute atomic E-state index is 0.0668. The molecule has 1 aromatic rings. The van der Waals surface area contributed by atoms with Gasteiger partial charge in [0.2, 0.25) is 0 Å². The molecule has 1 unspecified atom stereocenters. The number of likely N-dealkylation sites (tertiary alicyclic amines) is 1. The van der Waals surface area contributed by atoms with E-state index in [9.17, 15) is 4.79 Å². The van der Waals surface area contributed by atoms with E-state index in [1.54, 1.807) is 0 Å². The molecule has 1 fully saturated rings. The molecule has 0 saturated carbocycles. The summed E-state index contributed by atoms with van der Waals surface area (Å²) in [5, 5.41) is 2.65. The van der Waals surface area contributed by atoms with Crippen molar-refractivity contribution < 1.29 is 4.79 Å². The molecule has 1 atom stereocenters. The van der Waals surface area contributed by atoms with Gasteiger partial charge in [-0.05, 0) is 18.8 Å². The second-order valence-corrected chi connectivity index (χ2v) is 5.73. The number of carbonyl (C=O) groups excluding carboxylic acids is 1. The maximum Gasteiger partial charge on any atom is 0.273 e. The first-order valence-corrected chi connectivity index (χ1v) is 6.97. The third kappa shape index (κ3) is 2.50. The van der Waals surface area contributed by atoms with E-state index in [0.717, 1.165) is 24.4 Å². The highest BCUT2D eigenvalue weighted by Gasteiger charge is 2.32. The summed E-state index contributed by atoms with van der Waals surface area (Å²) in [6, 6.07) is 0.366. The molecule has 1 aliphatic rings. The fourth-order valence-corrected chi connectivity index (χ4v) is 3.04. The lowest BCUT2D eigenvalue weighted by atomic mass is 10.0. The van der Waals surface area contributed by atoms with Crippen LogP contribution in [0.5, 0.6) is 0 Å². The molecule has 1 amide bonds. The molecule has 94 valence electrons. The lowest BCUT2D eigenvalue weighted by molar-refractivity contribution is 0.0696. The van der Waals surface area contributed by atoms with Gasteiger partial charge < -0.3 is 10.6 Å². The Labute approximate surface area is 106 Å². The van der Waals surface area contributed by atoms with Gasteiger partial charge in [0, 0.05) is 24.5 Å². The van der Waals surface area contributed by atoms with Crippen molar-refractivity contribution in [3.8, 4) is 0 Å². The van der Waals surface area contributed by atoms with Crippen molar-refractivity contribution in [2.75, 3.05) is 6.54 Å². The molecular weight excluding hydrogens is 234 g/mol. The van der Waals surface area contributed by atoms with Crippen molar-refractivity contribution in [2.45, 2.75) is 39.3 Å². The highest BCUT2D eigenvalue weighted by atomic mass is 32.1. The van der Waals surface area contributed by atoms with Crippen molar-refractivity contribution in [3.05, 3.63) is 16.1 Å². The lowest BCUT2D eigenvalue weighted by Crippen LogP contribution is -2.38. The predicted octanol–water partition coefficient (Wildman–Crippen LogP) is 1.86. The number of amides is 1. The van der Waals surface area contributed by atoms with Gasteiger partial charge in [-0.3, -0.25) is 4.79 Å². The molecule has 5 heteroatoms. The molecule has 1 aromatic heterocycles. The third-order valence-electron chi connectivity index (χ3n) is 3.28.